The first-order chi connectivity index (χ1) is 18.1. The van der Waals surface area contributed by atoms with Crippen LogP contribution in [0.15, 0.2) is 72.3 Å². The van der Waals surface area contributed by atoms with Crippen LogP contribution < -0.4 is 20.3 Å². The zero-order chi connectivity index (χ0) is 27.4. The predicted octanol–water partition coefficient (Wildman–Crippen LogP) is 4.07. The summed E-state index contributed by atoms with van der Waals surface area (Å²) in [5, 5.41) is 15.9. The fourth-order valence-electron chi connectivity index (χ4n) is 3.43. The standard InChI is InChI=1S/C25H16ClFN4O7/c26-15-4-9-21(38-13-22(32)28-17-7-5-16(27)6-8-17)14(10-15)11-20-23(33)29-25(35)30(24(20)34)18-2-1-3-19(12-18)31(36)37/h1-12H,13H2,(H,28,32)(H,29,33,35)/b20-11-. The molecule has 1 heterocycles. The molecule has 38 heavy (non-hydrogen) atoms. The summed E-state index contributed by atoms with van der Waals surface area (Å²) in [6, 6.07) is 13.0. The number of halogens is 2. The zero-order valence-corrected chi connectivity index (χ0v) is 19.9. The van der Waals surface area contributed by atoms with Gasteiger partial charge in [-0.2, -0.15) is 0 Å². The number of benzene rings is 3. The van der Waals surface area contributed by atoms with E-state index in [9.17, 15) is 33.7 Å². The normalized spacial score (nSPS) is 14.3. The minimum atomic E-state index is -1.09. The number of imide groups is 2. The Labute approximate surface area is 218 Å². The van der Waals surface area contributed by atoms with Gasteiger partial charge in [0.05, 0.1) is 10.6 Å². The van der Waals surface area contributed by atoms with Crippen LogP contribution in [0.25, 0.3) is 6.08 Å². The van der Waals surface area contributed by atoms with Crippen molar-refractivity contribution in [3.8, 4) is 5.75 Å². The molecule has 0 aliphatic carbocycles. The van der Waals surface area contributed by atoms with Crippen molar-refractivity contribution in [3.05, 3.63) is 98.8 Å². The molecule has 0 spiro atoms. The van der Waals surface area contributed by atoms with E-state index in [0.29, 0.717) is 10.6 Å². The monoisotopic (exact) mass is 538 g/mol. The van der Waals surface area contributed by atoms with Crippen molar-refractivity contribution in [2.75, 3.05) is 16.8 Å². The molecule has 2 N–H and O–H groups in total. The van der Waals surface area contributed by atoms with Crippen LogP contribution in [0, 0.1) is 15.9 Å². The molecule has 192 valence electrons. The number of nitrogens with zero attached hydrogens (tertiary/aromatic N) is 2. The second-order valence-electron chi connectivity index (χ2n) is 7.76. The Morgan fingerprint density at radius 3 is 2.55 bits per heavy atom. The molecule has 0 aromatic heterocycles. The van der Waals surface area contributed by atoms with Gasteiger partial charge in [-0.05, 0) is 54.6 Å². The molecule has 1 fully saturated rings. The number of non-ortho nitro benzene ring substituents is 1. The predicted molar refractivity (Wildman–Crippen MR) is 134 cm³/mol. The molecule has 13 heteroatoms. The number of ether oxygens (including phenoxy) is 1. The van der Waals surface area contributed by atoms with E-state index in [0.717, 1.165) is 12.1 Å². The summed E-state index contributed by atoms with van der Waals surface area (Å²) in [5.74, 6) is -3.01. The summed E-state index contributed by atoms with van der Waals surface area (Å²) >= 11 is 6.08. The maximum Gasteiger partial charge on any atom is 0.335 e. The van der Waals surface area contributed by atoms with E-state index in [-0.39, 0.29) is 27.7 Å². The van der Waals surface area contributed by atoms with Crippen molar-refractivity contribution in [2.24, 2.45) is 0 Å². The van der Waals surface area contributed by atoms with E-state index in [4.69, 9.17) is 16.3 Å². The third-order valence-corrected chi connectivity index (χ3v) is 5.39. The van der Waals surface area contributed by atoms with Gasteiger partial charge in [0.2, 0.25) is 0 Å². The van der Waals surface area contributed by atoms with Crippen LogP contribution in [-0.4, -0.2) is 35.3 Å². The van der Waals surface area contributed by atoms with E-state index in [1.165, 1.54) is 60.7 Å². The summed E-state index contributed by atoms with van der Waals surface area (Å²) in [6.45, 7) is -0.479. The van der Waals surface area contributed by atoms with Gasteiger partial charge < -0.3 is 10.1 Å². The summed E-state index contributed by atoms with van der Waals surface area (Å²) in [5.41, 5.74) is -0.498. The van der Waals surface area contributed by atoms with Crippen LogP contribution in [0.5, 0.6) is 5.75 Å². The molecule has 0 radical (unpaired) electrons. The highest BCUT2D eigenvalue weighted by Crippen LogP contribution is 2.29. The highest BCUT2D eigenvalue weighted by molar-refractivity contribution is 6.39. The third kappa shape index (κ3) is 5.82. The third-order valence-electron chi connectivity index (χ3n) is 5.16. The molecule has 3 aromatic carbocycles. The molecule has 1 aliphatic heterocycles. The number of carbonyl (C=O) groups is 4. The van der Waals surface area contributed by atoms with Crippen molar-refractivity contribution < 1.29 is 33.2 Å². The Morgan fingerprint density at radius 1 is 1.11 bits per heavy atom. The summed E-state index contributed by atoms with van der Waals surface area (Å²) in [7, 11) is 0. The second kappa shape index (κ2) is 10.9. The SMILES string of the molecule is O=C(COc1ccc(Cl)cc1/C=C1/C(=O)NC(=O)N(c2cccc([N+](=O)[O-])c2)C1=O)Nc1ccc(F)cc1. The van der Waals surface area contributed by atoms with Crippen LogP contribution in [0.4, 0.5) is 26.2 Å². The number of barbiturate groups is 1. The van der Waals surface area contributed by atoms with Gasteiger partial charge in [-0.3, -0.25) is 29.8 Å². The number of hydrogen-bond donors (Lipinski definition) is 2. The number of hydrogen-bond acceptors (Lipinski definition) is 7. The first-order valence-electron chi connectivity index (χ1n) is 10.8. The molecule has 3 aromatic rings. The van der Waals surface area contributed by atoms with Crippen molar-refractivity contribution in [2.45, 2.75) is 0 Å². The van der Waals surface area contributed by atoms with E-state index < -0.39 is 46.7 Å². The molecule has 0 saturated carbocycles. The molecule has 4 rings (SSSR count). The molecular weight excluding hydrogens is 523 g/mol. The maximum atomic E-state index is 13.2. The fraction of sp³-hybridized carbons (Fsp3) is 0.0400. The minimum absolute atomic E-state index is 0.0792. The molecule has 0 bridgehead atoms. The number of urea groups is 1. The van der Waals surface area contributed by atoms with Gasteiger partial charge in [-0.1, -0.05) is 17.7 Å². The minimum Gasteiger partial charge on any atom is -0.483 e. The van der Waals surface area contributed by atoms with Crippen LogP contribution in [0.1, 0.15) is 5.56 Å². The van der Waals surface area contributed by atoms with Crippen LogP contribution in [0.3, 0.4) is 0 Å². The van der Waals surface area contributed by atoms with E-state index in [1.807, 2.05) is 5.32 Å². The molecule has 0 atom stereocenters. The Hall–Kier alpha value is -5.10. The summed E-state index contributed by atoms with van der Waals surface area (Å²) in [4.78, 5) is 61.4. The van der Waals surface area contributed by atoms with Crippen LogP contribution in [0.2, 0.25) is 5.02 Å². The van der Waals surface area contributed by atoms with Crippen LogP contribution >= 0.6 is 11.6 Å². The number of rotatable bonds is 7. The van der Waals surface area contributed by atoms with Gasteiger partial charge in [0, 0.05) is 28.4 Å². The largest absolute Gasteiger partial charge is 0.483 e. The number of nitrogens with one attached hydrogen (secondary N) is 2. The molecule has 5 amide bonds. The average molecular weight is 539 g/mol. The topological polar surface area (TPSA) is 148 Å². The zero-order valence-electron chi connectivity index (χ0n) is 19.1. The molecular formula is C25H16ClFN4O7. The van der Waals surface area contributed by atoms with Gasteiger partial charge in [-0.25, -0.2) is 14.1 Å². The number of anilines is 2. The Kier molecular flexibility index (Phi) is 7.44. The van der Waals surface area contributed by atoms with Gasteiger partial charge in [0.15, 0.2) is 6.61 Å². The van der Waals surface area contributed by atoms with Gasteiger partial charge in [-0.15, -0.1) is 0 Å². The second-order valence-corrected chi connectivity index (χ2v) is 8.20. The van der Waals surface area contributed by atoms with E-state index in [2.05, 4.69) is 5.32 Å². The molecule has 11 nitrogen and oxygen atoms in total. The van der Waals surface area contributed by atoms with Crippen molar-refractivity contribution in [3.63, 3.8) is 0 Å². The summed E-state index contributed by atoms with van der Waals surface area (Å²) in [6.07, 6.45) is 1.12. The first-order valence-corrected chi connectivity index (χ1v) is 11.1. The lowest BCUT2D eigenvalue weighted by molar-refractivity contribution is -0.384. The Bertz CT molecular complexity index is 1510. The van der Waals surface area contributed by atoms with Crippen molar-refractivity contribution in [1.82, 2.24) is 5.32 Å². The molecule has 1 saturated heterocycles. The Balaban J connectivity index is 1.59. The average Bonchev–Trinajstić information content (AvgIpc) is 2.87. The van der Waals surface area contributed by atoms with Crippen LogP contribution in [-0.2, 0) is 14.4 Å². The quantitative estimate of drug-likeness (QED) is 0.199. The number of amides is 5. The lowest BCUT2D eigenvalue weighted by Gasteiger charge is -2.26. The number of nitro groups is 1. The highest BCUT2D eigenvalue weighted by atomic mass is 35.5. The first kappa shape index (κ1) is 26.0. The van der Waals surface area contributed by atoms with Gasteiger partial charge in [0.1, 0.15) is 17.1 Å². The summed E-state index contributed by atoms with van der Waals surface area (Å²) < 4.78 is 18.6. The van der Waals surface area contributed by atoms with Crippen molar-refractivity contribution >= 4 is 58.5 Å². The highest BCUT2D eigenvalue weighted by Gasteiger charge is 2.37. The lowest BCUT2D eigenvalue weighted by atomic mass is 10.1. The molecule has 0 unspecified atom stereocenters. The van der Waals surface area contributed by atoms with E-state index in [1.54, 1.807) is 0 Å². The number of nitro benzene ring substituents is 1. The lowest BCUT2D eigenvalue weighted by Crippen LogP contribution is -2.54. The maximum absolute atomic E-state index is 13.2. The van der Waals surface area contributed by atoms with E-state index >= 15 is 0 Å². The smallest absolute Gasteiger partial charge is 0.335 e. The van der Waals surface area contributed by atoms with Gasteiger partial charge in [0.25, 0.3) is 23.4 Å². The van der Waals surface area contributed by atoms with Crippen molar-refractivity contribution in [1.29, 1.82) is 0 Å². The number of carbonyl (C=O) groups excluding carboxylic acids is 4. The Morgan fingerprint density at radius 2 is 1.84 bits per heavy atom. The molecule has 1 aliphatic rings. The fourth-order valence-corrected chi connectivity index (χ4v) is 3.61. The van der Waals surface area contributed by atoms with Gasteiger partial charge >= 0.3 is 6.03 Å².